The Morgan fingerprint density at radius 3 is 2.58 bits per heavy atom. The summed E-state index contributed by atoms with van der Waals surface area (Å²) < 4.78 is 1.20. The lowest BCUT2D eigenvalue weighted by atomic mass is 10.1. The van der Waals surface area contributed by atoms with E-state index in [0.29, 0.717) is 0 Å². The van der Waals surface area contributed by atoms with Gasteiger partial charge in [0.2, 0.25) is 0 Å². The first kappa shape index (κ1) is 9.75. The molecule has 1 aromatic rings. The van der Waals surface area contributed by atoms with Gasteiger partial charge < -0.3 is 4.90 Å². The summed E-state index contributed by atoms with van der Waals surface area (Å²) in [5, 5.41) is 0. The molecule has 66 valence electrons. The average Bonchev–Trinajstić information content (AvgIpc) is 1.96. The first-order valence-electron chi connectivity index (χ1n) is 3.99. The SMILES string of the molecule is Cc1ccc(Br)c(CN(C)C)c1. The van der Waals surface area contributed by atoms with E-state index < -0.39 is 0 Å². The van der Waals surface area contributed by atoms with Crippen LogP contribution in [0.2, 0.25) is 0 Å². The molecule has 0 amide bonds. The number of halogens is 1. The lowest BCUT2D eigenvalue weighted by Crippen LogP contribution is -2.11. The third-order valence-corrected chi connectivity index (χ3v) is 2.46. The summed E-state index contributed by atoms with van der Waals surface area (Å²) in [7, 11) is 4.16. The van der Waals surface area contributed by atoms with Gasteiger partial charge >= 0.3 is 0 Å². The zero-order valence-electron chi connectivity index (χ0n) is 7.76. The molecule has 0 fully saturated rings. The second kappa shape index (κ2) is 4.06. The van der Waals surface area contributed by atoms with E-state index in [1.54, 1.807) is 0 Å². The molecular weight excluding hydrogens is 214 g/mol. The first-order chi connectivity index (χ1) is 5.59. The number of hydrogen-bond donors (Lipinski definition) is 0. The number of nitrogens with zero attached hydrogens (tertiary/aromatic N) is 1. The van der Waals surface area contributed by atoms with Crippen molar-refractivity contribution in [1.82, 2.24) is 4.90 Å². The van der Waals surface area contributed by atoms with Crippen LogP contribution in [0.5, 0.6) is 0 Å². The normalized spacial score (nSPS) is 10.8. The zero-order chi connectivity index (χ0) is 9.14. The van der Waals surface area contributed by atoms with E-state index in [1.165, 1.54) is 15.6 Å². The van der Waals surface area contributed by atoms with Crippen molar-refractivity contribution in [3.05, 3.63) is 33.8 Å². The molecule has 1 aromatic carbocycles. The molecule has 0 aromatic heterocycles. The summed E-state index contributed by atoms with van der Waals surface area (Å²) in [6.45, 7) is 3.11. The second-order valence-corrected chi connectivity index (χ2v) is 4.19. The zero-order valence-corrected chi connectivity index (χ0v) is 9.35. The van der Waals surface area contributed by atoms with Crippen LogP contribution < -0.4 is 0 Å². The molecular formula is C10H14BrN. The Kier molecular flexibility index (Phi) is 3.29. The molecule has 0 N–H and O–H groups in total. The van der Waals surface area contributed by atoms with Gasteiger partial charge in [-0.1, -0.05) is 33.6 Å². The molecule has 12 heavy (non-hydrogen) atoms. The van der Waals surface area contributed by atoms with Gasteiger partial charge in [-0.2, -0.15) is 0 Å². The predicted molar refractivity (Wildman–Crippen MR) is 56.3 cm³/mol. The Morgan fingerprint density at radius 2 is 2.00 bits per heavy atom. The molecule has 2 heteroatoms. The monoisotopic (exact) mass is 227 g/mol. The van der Waals surface area contributed by atoms with Gasteiger partial charge in [-0.3, -0.25) is 0 Å². The lowest BCUT2D eigenvalue weighted by molar-refractivity contribution is 0.401. The van der Waals surface area contributed by atoms with Crippen LogP contribution in [0.15, 0.2) is 22.7 Å². The van der Waals surface area contributed by atoms with E-state index >= 15 is 0 Å². The molecule has 0 saturated heterocycles. The van der Waals surface area contributed by atoms with Crippen LogP contribution in [0, 0.1) is 6.92 Å². The van der Waals surface area contributed by atoms with Crippen molar-refractivity contribution >= 4 is 15.9 Å². The van der Waals surface area contributed by atoms with Crippen LogP contribution in [0.3, 0.4) is 0 Å². The van der Waals surface area contributed by atoms with E-state index in [2.05, 4.69) is 60.0 Å². The van der Waals surface area contributed by atoms with Gasteiger partial charge in [-0.25, -0.2) is 0 Å². The van der Waals surface area contributed by atoms with Crippen molar-refractivity contribution in [3.8, 4) is 0 Å². The van der Waals surface area contributed by atoms with E-state index in [4.69, 9.17) is 0 Å². The summed E-state index contributed by atoms with van der Waals surface area (Å²) >= 11 is 3.53. The van der Waals surface area contributed by atoms with Gasteiger partial charge in [0.25, 0.3) is 0 Å². The van der Waals surface area contributed by atoms with Crippen molar-refractivity contribution < 1.29 is 0 Å². The number of aryl methyl sites for hydroxylation is 1. The fraction of sp³-hybridized carbons (Fsp3) is 0.400. The fourth-order valence-corrected chi connectivity index (χ4v) is 1.54. The third kappa shape index (κ3) is 2.61. The van der Waals surface area contributed by atoms with E-state index in [9.17, 15) is 0 Å². The quantitative estimate of drug-likeness (QED) is 0.752. The van der Waals surface area contributed by atoms with E-state index in [0.717, 1.165) is 6.54 Å². The Morgan fingerprint density at radius 1 is 1.33 bits per heavy atom. The van der Waals surface area contributed by atoms with Crippen LogP contribution in [0.1, 0.15) is 11.1 Å². The summed E-state index contributed by atoms with van der Waals surface area (Å²) in [5.74, 6) is 0. The average molecular weight is 228 g/mol. The molecule has 1 rings (SSSR count). The molecule has 0 heterocycles. The van der Waals surface area contributed by atoms with E-state index in [1.807, 2.05) is 0 Å². The molecule has 0 spiro atoms. The minimum Gasteiger partial charge on any atom is -0.305 e. The smallest absolute Gasteiger partial charge is 0.0238 e. The van der Waals surface area contributed by atoms with Crippen LogP contribution >= 0.6 is 15.9 Å². The Bertz CT molecular complexity index is 269. The molecule has 0 aliphatic heterocycles. The Labute approximate surface area is 82.5 Å². The minimum absolute atomic E-state index is 0.988. The van der Waals surface area contributed by atoms with Gasteiger partial charge in [0.05, 0.1) is 0 Å². The maximum atomic E-state index is 3.53. The number of benzene rings is 1. The van der Waals surface area contributed by atoms with Crippen LogP contribution in [0.4, 0.5) is 0 Å². The maximum Gasteiger partial charge on any atom is 0.0238 e. The highest BCUT2D eigenvalue weighted by Gasteiger charge is 2.00. The second-order valence-electron chi connectivity index (χ2n) is 3.33. The third-order valence-electron chi connectivity index (χ3n) is 1.69. The molecule has 0 aliphatic rings. The van der Waals surface area contributed by atoms with Crippen molar-refractivity contribution in [3.63, 3.8) is 0 Å². The molecule has 0 aliphatic carbocycles. The lowest BCUT2D eigenvalue weighted by Gasteiger charge is -2.11. The van der Waals surface area contributed by atoms with E-state index in [-0.39, 0.29) is 0 Å². The largest absolute Gasteiger partial charge is 0.305 e. The fourth-order valence-electron chi connectivity index (χ4n) is 1.17. The van der Waals surface area contributed by atoms with Gasteiger partial charge in [-0.15, -0.1) is 0 Å². The molecule has 0 unspecified atom stereocenters. The van der Waals surface area contributed by atoms with Crippen molar-refractivity contribution in [2.75, 3.05) is 14.1 Å². The van der Waals surface area contributed by atoms with Crippen molar-refractivity contribution in [2.45, 2.75) is 13.5 Å². The standard InChI is InChI=1S/C10H14BrN/c1-8-4-5-10(11)9(6-8)7-12(2)3/h4-6H,7H2,1-3H3. The number of hydrogen-bond acceptors (Lipinski definition) is 1. The molecule has 0 saturated carbocycles. The topological polar surface area (TPSA) is 3.24 Å². The highest BCUT2D eigenvalue weighted by atomic mass is 79.9. The summed E-state index contributed by atoms with van der Waals surface area (Å²) in [5.41, 5.74) is 2.66. The van der Waals surface area contributed by atoms with Crippen molar-refractivity contribution in [2.24, 2.45) is 0 Å². The van der Waals surface area contributed by atoms with Crippen LogP contribution in [-0.2, 0) is 6.54 Å². The van der Waals surface area contributed by atoms with Gasteiger partial charge in [-0.05, 0) is 32.6 Å². The minimum atomic E-state index is 0.988. The molecule has 0 radical (unpaired) electrons. The van der Waals surface area contributed by atoms with Crippen LogP contribution in [-0.4, -0.2) is 19.0 Å². The van der Waals surface area contributed by atoms with Crippen LogP contribution in [0.25, 0.3) is 0 Å². The van der Waals surface area contributed by atoms with Crippen molar-refractivity contribution in [1.29, 1.82) is 0 Å². The molecule has 0 atom stereocenters. The highest BCUT2D eigenvalue weighted by molar-refractivity contribution is 9.10. The van der Waals surface area contributed by atoms with Gasteiger partial charge in [0, 0.05) is 11.0 Å². The maximum absolute atomic E-state index is 3.53. The van der Waals surface area contributed by atoms with Gasteiger partial charge in [0.1, 0.15) is 0 Å². The predicted octanol–water partition coefficient (Wildman–Crippen LogP) is 2.82. The highest BCUT2D eigenvalue weighted by Crippen LogP contribution is 2.18. The Balaban J connectivity index is 2.90. The van der Waals surface area contributed by atoms with Gasteiger partial charge in [0.15, 0.2) is 0 Å². The first-order valence-corrected chi connectivity index (χ1v) is 4.78. The molecule has 0 bridgehead atoms. The summed E-state index contributed by atoms with van der Waals surface area (Å²) in [6.07, 6.45) is 0. The summed E-state index contributed by atoms with van der Waals surface area (Å²) in [6, 6.07) is 6.43. The Hall–Kier alpha value is -0.340. The molecule has 1 nitrogen and oxygen atoms in total. The number of rotatable bonds is 2. The summed E-state index contributed by atoms with van der Waals surface area (Å²) in [4.78, 5) is 2.17.